The Balaban J connectivity index is 2.48. The van der Waals surface area contributed by atoms with E-state index in [0.717, 1.165) is 12.5 Å². The summed E-state index contributed by atoms with van der Waals surface area (Å²) in [5, 5.41) is 3.32. The number of allylic oxidation sites excluding steroid dienone is 1. The molecule has 1 aliphatic heterocycles. The van der Waals surface area contributed by atoms with E-state index >= 15 is 0 Å². The molecule has 0 radical (unpaired) electrons. The lowest BCUT2D eigenvalue weighted by Gasteiger charge is -2.28. The van der Waals surface area contributed by atoms with Gasteiger partial charge in [0.05, 0.1) is 0 Å². The highest BCUT2D eigenvalue weighted by Crippen LogP contribution is 2.25. The van der Waals surface area contributed by atoms with Crippen molar-refractivity contribution in [1.29, 1.82) is 0 Å². The first-order chi connectivity index (χ1) is 4.72. The van der Waals surface area contributed by atoms with E-state index in [0.29, 0.717) is 5.92 Å². The Morgan fingerprint density at radius 2 is 2.30 bits per heavy atom. The molecule has 1 N–H and O–H groups in total. The molecule has 0 spiro atoms. The molecule has 1 rings (SSSR count). The van der Waals surface area contributed by atoms with Crippen molar-refractivity contribution in [2.75, 3.05) is 6.54 Å². The van der Waals surface area contributed by atoms with Gasteiger partial charge in [0, 0.05) is 18.2 Å². The number of rotatable bonds is 1. The molecule has 0 aromatic carbocycles. The number of piperidine rings is 1. The van der Waals surface area contributed by atoms with Crippen LogP contribution in [0.25, 0.3) is 0 Å². The van der Waals surface area contributed by atoms with Crippen molar-refractivity contribution in [2.45, 2.75) is 26.7 Å². The summed E-state index contributed by atoms with van der Waals surface area (Å²) in [5.41, 5.74) is 1.25. The first-order valence-corrected chi connectivity index (χ1v) is 4.14. The minimum atomic E-state index is 0.716. The summed E-state index contributed by atoms with van der Waals surface area (Å²) < 4.78 is 0. The standard InChI is InChI=1S/C9H17N/c1-7(2)9-5-4-6-10-8(9)3/h7,9-10H,3-6H2,1-2H3. The van der Waals surface area contributed by atoms with E-state index in [1.807, 2.05) is 0 Å². The summed E-state index contributed by atoms with van der Waals surface area (Å²) in [5.74, 6) is 1.47. The fourth-order valence-corrected chi connectivity index (χ4v) is 1.61. The van der Waals surface area contributed by atoms with Crippen LogP contribution in [0.2, 0.25) is 0 Å². The molecule has 1 nitrogen and oxygen atoms in total. The molecule has 0 aliphatic carbocycles. The Kier molecular flexibility index (Phi) is 2.36. The van der Waals surface area contributed by atoms with Crippen molar-refractivity contribution in [3.63, 3.8) is 0 Å². The van der Waals surface area contributed by atoms with Gasteiger partial charge in [-0.2, -0.15) is 0 Å². The van der Waals surface area contributed by atoms with E-state index in [4.69, 9.17) is 0 Å². The lowest BCUT2D eigenvalue weighted by atomic mass is 9.86. The zero-order chi connectivity index (χ0) is 7.56. The van der Waals surface area contributed by atoms with E-state index < -0.39 is 0 Å². The minimum absolute atomic E-state index is 0.716. The van der Waals surface area contributed by atoms with Gasteiger partial charge >= 0.3 is 0 Å². The van der Waals surface area contributed by atoms with Crippen LogP contribution in [0.1, 0.15) is 26.7 Å². The lowest BCUT2D eigenvalue weighted by Crippen LogP contribution is -2.29. The van der Waals surface area contributed by atoms with Crippen LogP contribution in [-0.4, -0.2) is 6.54 Å². The van der Waals surface area contributed by atoms with Gasteiger partial charge in [0.1, 0.15) is 0 Å². The molecule has 1 heterocycles. The third kappa shape index (κ3) is 1.53. The third-order valence-electron chi connectivity index (χ3n) is 2.30. The van der Waals surface area contributed by atoms with Gasteiger partial charge in [0.15, 0.2) is 0 Å². The quantitative estimate of drug-likeness (QED) is 0.587. The third-order valence-corrected chi connectivity index (χ3v) is 2.30. The van der Waals surface area contributed by atoms with E-state index in [9.17, 15) is 0 Å². The molecule has 1 unspecified atom stereocenters. The van der Waals surface area contributed by atoms with Gasteiger partial charge in [0.25, 0.3) is 0 Å². The molecular weight excluding hydrogens is 122 g/mol. The molecule has 1 heteroatoms. The zero-order valence-corrected chi connectivity index (χ0v) is 6.98. The summed E-state index contributed by atoms with van der Waals surface area (Å²) in [6.45, 7) is 9.67. The van der Waals surface area contributed by atoms with E-state index in [2.05, 4.69) is 25.7 Å². The Morgan fingerprint density at radius 1 is 1.60 bits per heavy atom. The molecule has 1 saturated heterocycles. The highest BCUT2D eigenvalue weighted by Gasteiger charge is 2.19. The Morgan fingerprint density at radius 3 is 2.70 bits per heavy atom. The summed E-state index contributed by atoms with van der Waals surface area (Å²) in [4.78, 5) is 0. The van der Waals surface area contributed by atoms with Crippen molar-refractivity contribution in [1.82, 2.24) is 5.32 Å². The predicted molar refractivity (Wildman–Crippen MR) is 44.7 cm³/mol. The highest BCUT2D eigenvalue weighted by molar-refractivity contribution is 5.01. The molecule has 1 aliphatic rings. The first kappa shape index (κ1) is 7.64. The van der Waals surface area contributed by atoms with Crippen molar-refractivity contribution in [3.05, 3.63) is 12.3 Å². The van der Waals surface area contributed by atoms with Crippen molar-refractivity contribution >= 4 is 0 Å². The molecule has 0 saturated carbocycles. The van der Waals surface area contributed by atoms with E-state index in [1.54, 1.807) is 0 Å². The van der Waals surface area contributed by atoms with Gasteiger partial charge in [-0.3, -0.25) is 0 Å². The van der Waals surface area contributed by atoms with Crippen LogP contribution in [-0.2, 0) is 0 Å². The molecule has 0 aromatic rings. The van der Waals surface area contributed by atoms with Gasteiger partial charge in [-0.05, 0) is 18.8 Å². The average Bonchev–Trinajstić information content (AvgIpc) is 1.88. The molecule has 10 heavy (non-hydrogen) atoms. The monoisotopic (exact) mass is 139 g/mol. The van der Waals surface area contributed by atoms with Crippen LogP contribution in [0, 0.1) is 11.8 Å². The smallest absolute Gasteiger partial charge is 0.0144 e. The van der Waals surface area contributed by atoms with E-state index in [1.165, 1.54) is 18.5 Å². The largest absolute Gasteiger partial charge is 0.389 e. The van der Waals surface area contributed by atoms with E-state index in [-0.39, 0.29) is 0 Å². The Hall–Kier alpha value is -0.460. The first-order valence-electron chi connectivity index (χ1n) is 4.14. The summed E-state index contributed by atoms with van der Waals surface area (Å²) in [7, 11) is 0. The topological polar surface area (TPSA) is 12.0 Å². The normalized spacial score (nSPS) is 26.7. The second kappa shape index (κ2) is 3.09. The van der Waals surface area contributed by atoms with Gasteiger partial charge in [-0.1, -0.05) is 20.4 Å². The molecular formula is C9H17N. The van der Waals surface area contributed by atoms with Crippen LogP contribution in [0.4, 0.5) is 0 Å². The number of nitrogens with one attached hydrogen (secondary N) is 1. The van der Waals surface area contributed by atoms with Crippen LogP contribution in [0.3, 0.4) is 0 Å². The maximum atomic E-state index is 4.01. The molecule has 1 fully saturated rings. The maximum absolute atomic E-state index is 4.01. The molecule has 0 amide bonds. The van der Waals surface area contributed by atoms with Crippen LogP contribution in [0.15, 0.2) is 12.3 Å². The second-order valence-corrected chi connectivity index (χ2v) is 3.44. The van der Waals surface area contributed by atoms with Gasteiger partial charge < -0.3 is 5.32 Å². The summed E-state index contributed by atoms with van der Waals surface area (Å²) in [6, 6.07) is 0. The van der Waals surface area contributed by atoms with Gasteiger partial charge in [0.2, 0.25) is 0 Å². The fraction of sp³-hybridized carbons (Fsp3) is 0.778. The predicted octanol–water partition coefficient (Wildman–Crippen LogP) is 2.16. The minimum Gasteiger partial charge on any atom is -0.389 e. The van der Waals surface area contributed by atoms with Crippen molar-refractivity contribution in [3.8, 4) is 0 Å². The number of hydrogen-bond acceptors (Lipinski definition) is 1. The highest BCUT2D eigenvalue weighted by atomic mass is 14.9. The average molecular weight is 139 g/mol. The van der Waals surface area contributed by atoms with Gasteiger partial charge in [-0.15, -0.1) is 0 Å². The van der Waals surface area contributed by atoms with Crippen molar-refractivity contribution < 1.29 is 0 Å². The lowest BCUT2D eigenvalue weighted by molar-refractivity contribution is 0.351. The SMILES string of the molecule is C=C1NCCCC1C(C)C. The molecule has 0 aromatic heterocycles. The second-order valence-electron chi connectivity index (χ2n) is 3.44. The molecule has 58 valence electrons. The summed E-state index contributed by atoms with van der Waals surface area (Å²) >= 11 is 0. The van der Waals surface area contributed by atoms with Crippen LogP contribution in [0.5, 0.6) is 0 Å². The van der Waals surface area contributed by atoms with Gasteiger partial charge in [-0.25, -0.2) is 0 Å². The molecule has 1 atom stereocenters. The molecule has 0 bridgehead atoms. The van der Waals surface area contributed by atoms with Crippen LogP contribution >= 0.6 is 0 Å². The maximum Gasteiger partial charge on any atom is 0.0144 e. The zero-order valence-electron chi connectivity index (χ0n) is 6.98. The Labute approximate surface area is 63.5 Å². The number of hydrogen-bond donors (Lipinski definition) is 1. The van der Waals surface area contributed by atoms with Crippen molar-refractivity contribution in [2.24, 2.45) is 11.8 Å². The summed E-state index contributed by atoms with van der Waals surface area (Å²) in [6.07, 6.45) is 2.63. The van der Waals surface area contributed by atoms with Crippen LogP contribution < -0.4 is 5.32 Å². The fourth-order valence-electron chi connectivity index (χ4n) is 1.61. The Bertz CT molecular complexity index is 127.